The first kappa shape index (κ1) is 28.6. The van der Waals surface area contributed by atoms with E-state index < -0.39 is 0 Å². The van der Waals surface area contributed by atoms with Crippen LogP contribution in [0.25, 0.3) is 72.4 Å². The number of para-hydroxylation sites is 3. The zero-order valence-electron chi connectivity index (χ0n) is 26.6. The van der Waals surface area contributed by atoms with E-state index in [1.807, 2.05) is 24.3 Å². The molecule has 0 saturated carbocycles. The van der Waals surface area contributed by atoms with Crippen LogP contribution in [0, 0.1) is 22.7 Å². The Morgan fingerprint density at radius 2 is 1.18 bits per heavy atom. The van der Waals surface area contributed by atoms with E-state index in [-0.39, 0.29) is 0 Å². The smallest absolute Gasteiger partial charge is 0.0992 e. The van der Waals surface area contributed by atoms with Crippen LogP contribution in [0.1, 0.15) is 22.4 Å². The summed E-state index contributed by atoms with van der Waals surface area (Å²) in [5.74, 6) is 0. The first-order valence-electron chi connectivity index (χ1n) is 16.4. The molecule has 0 bridgehead atoms. The molecule has 0 aliphatic carbocycles. The molecule has 9 rings (SSSR count). The third-order valence-electron chi connectivity index (χ3n) is 9.64. The summed E-state index contributed by atoms with van der Waals surface area (Å²) in [6.45, 7) is 1.58. The van der Waals surface area contributed by atoms with Gasteiger partial charge in [-0.3, -0.25) is 0 Å². The van der Waals surface area contributed by atoms with Gasteiger partial charge in [-0.1, -0.05) is 91.0 Å². The first-order valence-corrected chi connectivity index (χ1v) is 16.4. The van der Waals surface area contributed by atoms with Crippen molar-refractivity contribution in [3.05, 3.63) is 162 Å². The van der Waals surface area contributed by atoms with E-state index in [1.165, 1.54) is 21.7 Å². The lowest BCUT2D eigenvalue weighted by Crippen LogP contribution is -2.11. The number of fused-ring (bicyclic) bond motifs is 6. The van der Waals surface area contributed by atoms with Crippen molar-refractivity contribution in [2.45, 2.75) is 6.54 Å². The number of benzene rings is 6. The molecule has 0 amide bonds. The van der Waals surface area contributed by atoms with Gasteiger partial charge in [-0.2, -0.15) is 10.5 Å². The van der Waals surface area contributed by atoms with E-state index in [0.29, 0.717) is 11.1 Å². The van der Waals surface area contributed by atoms with Crippen LogP contribution >= 0.6 is 0 Å². The molecule has 0 atom stereocenters. The lowest BCUT2D eigenvalue weighted by Gasteiger charge is -2.16. The van der Waals surface area contributed by atoms with Crippen molar-refractivity contribution in [3.8, 4) is 45.8 Å². The predicted molar refractivity (Wildman–Crippen MR) is 199 cm³/mol. The van der Waals surface area contributed by atoms with Gasteiger partial charge in [0.05, 0.1) is 51.2 Å². The van der Waals surface area contributed by atoms with E-state index in [1.54, 1.807) is 0 Å². The normalized spacial score (nSPS) is 12.5. The van der Waals surface area contributed by atoms with E-state index in [9.17, 15) is 10.5 Å². The minimum atomic E-state index is 0.607. The quantitative estimate of drug-likeness (QED) is 0.211. The van der Waals surface area contributed by atoms with E-state index in [0.717, 1.165) is 69.0 Å². The molecule has 1 aliphatic heterocycles. The number of nitriles is 2. The summed E-state index contributed by atoms with van der Waals surface area (Å²) in [7, 11) is 0. The fraction of sp³-hybridized carbons (Fsp3) is 0.0455. The summed E-state index contributed by atoms with van der Waals surface area (Å²) in [4.78, 5) is 0. The summed E-state index contributed by atoms with van der Waals surface area (Å²) in [5.41, 5.74) is 12.9. The standard InChI is InChI=1S/C44H29N5/c45-26-29-15-20-35(44(24-29)49-42-13-6-3-10-38(42)39-28-47-21-7-14-43(39)49)32-18-16-31(17-19-32)33-22-30(27-46)23-34(25-33)48-40-11-4-1-8-36(40)37-9-2-5-12-41(37)48/h1-20,22-25,47H,21,28H2. The Hall–Kier alpha value is -6.66. The van der Waals surface area contributed by atoms with Gasteiger partial charge in [0.2, 0.25) is 0 Å². The molecule has 0 saturated heterocycles. The molecular formula is C44H29N5. The molecule has 0 fully saturated rings. The number of hydrogen-bond acceptors (Lipinski definition) is 3. The predicted octanol–water partition coefficient (Wildman–Crippen LogP) is 9.92. The van der Waals surface area contributed by atoms with Crippen LogP contribution in [0.4, 0.5) is 0 Å². The highest BCUT2D eigenvalue weighted by Crippen LogP contribution is 2.38. The monoisotopic (exact) mass is 627 g/mol. The van der Waals surface area contributed by atoms with Crippen LogP contribution < -0.4 is 5.32 Å². The Morgan fingerprint density at radius 1 is 0.551 bits per heavy atom. The van der Waals surface area contributed by atoms with Crippen molar-refractivity contribution in [1.29, 1.82) is 10.5 Å². The average Bonchev–Trinajstić information content (AvgIpc) is 3.54. The van der Waals surface area contributed by atoms with Gasteiger partial charge >= 0.3 is 0 Å². The van der Waals surface area contributed by atoms with Crippen LogP contribution in [0.2, 0.25) is 0 Å². The van der Waals surface area contributed by atoms with Crippen molar-refractivity contribution in [2.75, 3.05) is 6.54 Å². The summed E-state index contributed by atoms with van der Waals surface area (Å²) in [5, 5.41) is 27.1. The number of aromatic nitrogens is 2. The van der Waals surface area contributed by atoms with Gasteiger partial charge in [-0.15, -0.1) is 0 Å². The number of nitrogens with one attached hydrogen (secondary N) is 1. The zero-order chi connectivity index (χ0) is 32.9. The second-order valence-electron chi connectivity index (χ2n) is 12.4. The molecule has 5 heteroatoms. The molecule has 6 aromatic carbocycles. The maximum absolute atomic E-state index is 10.1. The minimum Gasteiger partial charge on any atom is -0.309 e. The van der Waals surface area contributed by atoms with Crippen LogP contribution in [0.5, 0.6) is 0 Å². The third kappa shape index (κ3) is 4.65. The van der Waals surface area contributed by atoms with Crippen molar-refractivity contribution in [1.82, 2.24) is 14.5 Å². The van der Waals surface area contributed by atoms with Gasteiger partial charge in [0.15, 0.2) is 0 Å². The minimum absolute atomic E-state index is 0.607. The average molecular weight is 628 g/mol. The maximum Gasteiger partial charge on any atom is 0.0992 e. The van der Waals surface area contributed by atoms with Gasteiger partial charge in [0.25, 0.3) is 0 Å². The molecule has 0 radical (unpaired) electrons. The molecule has 0 unspecified atom stereocenters. The van der Waals surface area contributed by atoms with Gasteiger partial charge in [0.1, 0.15) is 0 Å². The van der Waals surface area contributed by atoms with Gasteiger partial charge in [-0.25, -0.2) is 0 Å². The number of hydrogen-bond donors (Lipinski definition) is 1. The topological polar surface area (TPSA) is 69.5 Å². The van der Waals surface area contributed by atoms with Crippen molar-refractivity contribution in [2.24, 2.45) is 0 Å². The molecule has 8 aromatic rings. The highest BCUT2D eigenvalue weighted by molar-refractivity contribution is 6.09. The molecular weight excluding hydrogens is 599 g/mol. The zero-order valence-corrected chi connectivity index (χ0v) is 26.6. The molecule has 49 heavy (non-hydrogen) atoms. The van der Waals surface area contributed by atoms with Crippen LogP contribution in [0.15, 0.2) is 140 Å². The SMILES string of the molecule is N#Cc1cc(-c2ccc(-c3ccc(C#N)cc3-n3c4c(c5ccccc53)CNCC=C4)cc2)cc(-n2c3ccccc3c3ccccc32)c1. The van der Waals surface area contributed by atoms with E-state index in [2.05, 4.69) is 148 Å². The molecule has 230 valence electrons. The highest BCUT2D eigenvalue weighted by atomic mass is 15.0. The van der Waals surface area contributed by atoms with Crippen molar-refractivity contribution < 1.29 is 0 Å². The van der Waals surface area contributed by atoms with Crippen LogP contribution in [-0.4, -0.2) is 15.7 Å². The number of rotatable bonds is 4. The van der Waals surface area contributed by atoms with Crippen molar-refractivity contribution in [3.63, 3.8) is 0 Å². The van der Waals surface area contributed by atoms with Crippen LogP contribution in [0.3, 0.4) is 0 Å². The molecule has 2 aromatic heterocycles. The summed E-state index contributed by atoms with van der Waals surface area (Å²) >= 11 is 0. The lowest BCUT2D eigenvalue weighted by molar-refractivity contribution is 0.769. The Morgan fingerprint density at radius 3 is 1.88 bits per heavy atom. The molecule has 1 N–H and O–H groups in total. The number of nitrogens with zero attached hydrogens (tertiary/aromatic N) is 4. The fourth-order valence-electron chi connectivity index (χ4n) is 7.44. The third-order valence-corrected chi connectivity index (χ3v) is 9.64. The Bertz CT molecular complexity index is 2660. The Kier molecular flexibility index (Phi) is 6.73. The van der Waals surface area contributed by atoms with Crippen LogP contribution in [-0.2, 0) is 6.54 Å². The summed E-state index contributed by atoms with van der Waals surface area (Å²) < 4.78 is 4.55. The second kappa shape index (κ2) is 11.5. The summed E-state index contributed by atoms with van der Waals surface area (Å²) in [6, 6.07) is 50.6. The largest absolute Gasteiger partial charge is 0.309 e. The van der Waals surface area contributed by atoms with Gasteiger partial charge in [0, 0.05) is 40.5 Å². The Balaban J connectivity index is 1.18. The second-order valence-corrected chi connectivity index (χ2v) is 12.4. The molecule has 3 heterocycles. The van der Waals surface area contributed by atoms with Gasteiger partial charge in [-0.05, 0) is 76.9 Å². The molecule has 1 aliphatic rings. The van der Waals surface area contributed by atoms with Gasteiger partial charge < -0.3 is 14.5 Å². The van der Waals surface area contributed by atoms with Crippen molar-refractivity contribution >= 4 is 38.8 Å². The first-order chi connectivity index (χ1) is 24.2. The molecule has 0 spiro atoms. The molecule has 5 nitrogen and oxygen atoms in total. The highest BCUT2D eigenvalue weighted by Gasteiger charge is 2.21. The lowest BCUT2D eigenvalue weighted by atomic mass is 9.97. The van der Waals surface area contributed by atoms with E-state index in [4.69, 9.17) is 0 Å². The fourth-order valence-corrected chi connectivity index (χ4v) is 7.44. The Labute approximate surface area is 283 Å². The maximum atomic E-state index is 10.1. The summed E-state index contributed by atoms with van der Waals surface area (Å²) in [6.07, 6.45) is 4.35. The van der Waals surface area contributed by atoms with E-state index >= 15 is 0 Å².